The zero-order valence-electron chi connectivity index (χ0n) is 14.8. The first-order valence-corrected chi connectivity index (χ1v) is 9.42. The van der Waals surface area contributed by atoms with Crippen LogP contribution in [0.25, 0.3) is 11.5 Å². The van der Waals surface area contributed by atoms with Crippen molar-refractivity contribution in [3.05, 3.63) is 54.4 Å². The second-order valence-electron chi connectivity index (χ2n) is 7.11. The predicted molar refractivity (Wildman–Crippen MR) is 99.9 cm³/mol. The molecule has 0 spiro atoms. The average Bonchev–Trinajstić information content (AvgIpc) is 3.44. The summed E-state index contributed by atoms with van der Waals surface area (Å²) in [6, 6.07) is 6.38. The van der Waals surface area contributed by atoms with Gasteiger partial charge in [-0.1, -0.05) is 6.07 Å². The summed E-state index contributed by atoms with van der Waals surface area (Å²) in [5.74, 6) is 1.89. The van der Waals surface area contributed by atoms with Gasteiger partial charge in [0.1, 0.15) is 11.5 Å². The number of imidazole rings is 1. The normalized spacial score (nSPS) is 19.1. The first-order valence-electron chi connectivity index (χ1n) is 9.42. The molecule has 1 saturated heterocycles. The lowest BCUT2D eigenvalue weighted by molar-refractivity contribution is 0.546. The van der Waals surface area contributed by atoms with Gasteiger partial charge in [-0.05, 0) is 44.2 Å². The minimum atomic E-state index is 0.459. The molecular formula is C20H22N6. The Balaban J connectivity index is 1.54. The van der Waals surface area contributed by atoms with Gasteiger partial charge in [-0.3, -0.25) is 4.98 Å². The minimum Gasteiger partial charge on any atom is -0.351 e. The Bertz CT molecular complexity index is 890. The summed E-state index contributed by atoms with van der Waals surface area (Å²) in [6.45, 7) is 2.02. The van der Waals surface area contributed by atoms with Crippen molar-refractivity contribution in [2.24, 2.45) is 0 Å². The Kier molecular flexibility index (Phi) is 3.88. The van der Waals surface area contributed by atoms with Crippen LogP contribution in [0.4, 0.5) is 5.82 Å². The molecule has 26 heavy (non-hydrogen) atoms. The van der Waals surface area contributed by atoms with Crippen LogP contribution in [0.15, 0.2) is 43.1 Å². The maximum absolute atomic E-state index is 5.00. The SMILES string of the molecule is c1ccc(-c2nc3c(c(N4CCCC4Cn4ccnc4)n2)CCC3)nc1. The molecule has 0 amide bonds. The first-order chi connectivity index (χ1) is 12.9. The van der Waals surface area contributed by atoms with Crippen molar-refractivity contribution in [3.8, 4) is 11.5 Å². The summed E-state index contributed by atoms with van der Waals surface area (Å²) in [4.78, 5) is 21.0. The van der Waals surface area contributed by atoms with E-state index in [1.807, 2.05) is 43.1 Å². The quantitative estimate of drug-likeness (QED) is 0.727. The third-order valence-corrected chi connectivity index (χ3v) is 5.44. The number of hydrogen-bond acceptors (Lipinski definition) is 5. The molecule has 1 atom stereocenters. The third-order valence-electron chi connectivity index (χ3n) is 5.44. The van der Waals surface area contributed by atoms with Gasteiger partial charge in [0.2, 0.25) is 0 Å². The van der Waals surface area contributed by atoms with Crippen LogP contribution in [0.3, 0.4) is 0 Å². The fraction of sp³-hybridized carbons (Fsp3) is 0.400. The van der Waals surface area contributed by atoms with Gasteiger partial charge in [-0.2, -0.15) is 0 Å². The molecule has 0 N–H and O–H groups in total. The van der Waals surface area contributed by atoms with Crippen LogP contribution in [0, 0.1) is 0 Å². The van der Waals surface area contributed by atoms with Gasteiger partial charge < -0.3 is 9.47 Å². The fourth-order valence-corrected chi connectivity index (χ4v) is 4.20. The molecular weight excluding hydrogens is 324 g/mol. The van der Waals surface area contributed by atoms with Crippen LogP contribution >= 0.6 is 0 Å². The molecule has 0 saturated carbocycles. The molecule has 6 nitrogen and oxygen atoms in total. The first kappa shape index (κ1) is 15.5. The standard InChI is InChI=1S/C20H22N6/c1-2-9-22-18(7-1)19-23-17-8-3-6-16(17)20(24-19)26-11-4-5-15(26)13-25-12-10-21-14-25/h1-2,7,9-10,12,14-15H,3-6,8,11,13H2. The molecule has 3 aromatic heterocycles. The van der Waals surface area contributed by atoms with Gasteiger partial charge in [-0.25, -0.2) is 15.0 Å². The van der Waals surface area contributed by atoms with Gasteiger partial charge in [0.25, 0.3) is 0 Å². The van der Waals surface area contributed by atoms with E-state index in [0.717, 1.165) is 43.3 Å². The van der Waals surface area contributed by atoms with E-state index in [4.69, 9.17) is 9.97 Å². The van der Waals surface area contributed by atoms with Crippen LogP contribution in [-0.4, -0.2) is 37.1 Å². The number of pyridine rings is 1. The summed E-state index contributed by atoms with van der Waals surface area (Å²) in [5.41, 5.74) is 3.42. The molecule has 1 fully saturated rings. The van der Waals surface area contributed by atoms with Crippen molar-refractivity contribution < 1.29 is 0 Å². The highest BCUT2D eigenvalue weighted by molar-refractivity contribution is 5.59. The molecule has 6 heteroatoms. The molecule has 0 aromatic carbocycles. The lowest BCUT2D eigenvalue weighted by Gasteiger charge is -2.28. The molecule has 5 rings (SSSR count). The van der Waals surface area contributed by atoms with E-state index in [1.54, 1.807) is 0 Å². The van der Waals surface area contributed by atoms with Crippen molar-refractivity contribution in [1.82, 2.24) is 24.5 Å². The van der Waals surface area contributed by atoms with Gasteiger partial charge in [0.15, 0.2) is 5.82 Å². The highest BCUT2D eigenvalue weighted by Gasteiger charge is 2.31. The number of aryl methyl sites for hydroxylation is 1. The van der Waals surface area contributed by atoms with E-state index in [1.165, 1.54) is 30.5 Å². The number of nitrogens with zero attached hydrogens (tertiary/aromatic N) is 6. The van der Waals surface area contributed by atoms with Crippen LogP contribution in [0.5, 0.6) is 0 Å². The summed E-state index contributed by atoms with van der Waals surface area (Å²) in [6.07, 6.45) is 13.3. The monoisotopic (exact) mass is 346 g/mol. The highest BCUT2D eigenvalue weighted by Crippen LogP contribution is 2.34. The van der Waals surface area contributed by atoms with Crippen molar-refractivity contribution in [2.45, 2.75) is 44.7 Å². The number of anilines is 1. The Hall–Kier alpha value is -2.76. The van der Waals surface area contributed by atoms with Crippen LogP contribution in [0.1, 0.15) is 30.5 Å². The molecule has 1 aliphatic carbocycles. The third kappa shape index (κ3) is 2.75. The average molecular weight is 346 g/mol. The van der Waals surface area contributed by atoms with Crippen LogP contribution in [0.2, 0.25) is 0 Å². The molecule has 1 unspecified atom stereocenters. The Morgan fingerprint density at radius 2 is 2.08 bits per heavy atom. The minimum absolute atomic E-state index is 0.459. The molecule has 132 valence electrons. The second kappa shape index (κ2) is 6.52. The summed E-state index contributed by atoms with van der Waals surface area (Å²) < 4.78 is 2.17. The molecule has 3 aromatic rings. The predicted octanol–water partition coefficient (Wildman–Crippen LogP) is 2.89. The number of aromatic nitrogens is 5. The maximum atomic E-state index is 5.00. The number of fused-ring (bicyclic) bond motifs is 1. The van der Waals surface area contributed by atoms with Crippen molar-refractivity contribution in [1.29, 1.82) is 0 Å². The maximum Gasteiger partial charge on any atom is 0.180 e. The number of rotatable bonds is 4. The van der Waals surface area contributed by atoms with E-state index >= 15 is 0 Å². The zero-order valence-corrected chi connectivity index (χ0v) is 14.8. The zero-order chi connectivity index (χ0) is 17.3. The van der Waals surface area contributed by atoms with E-state index in [0.29, 0.717) is 6.04 Å². The molecule has 0 radical (unpaired) electrons. The van der Waals surface area contributed by atoms with Gasteiger partial charge >= 0.3 is 0 Å². The van der Waals surface area contributed by atoms with Crippen LogP contribution < -0.4 is 4.90 Å². The van der Waals surface area contributed by atoms with Crippen LogP contribution in [-0.2, 0) is 19.4 Å². The summed E-state index contributed by atoms with van der Waals surface area (Å²) >= 11 is 0. The second-order valence-corrected chi connectivity index (χ2v) is 7.11. The van der Waals surface area contributed by atoms with Gasteiger partial charge in [0, 0.05) is 49.0 Å². The van der Waals surface area contributed by atoms with Crippen molar-refractivity contribution in [2.75, 3.05) is 11.4 Å². The van der Waals surface area contributed by atoms with Gasteiger partial charge in [0.05, 0.1) is 6.33 Å². The van der Waals surface area contributed by atoms with E-state index in [9.17, 15) is 0 Å². The Labute approximate surface area is 153 Å². The van der Waals surface area contributed by atoms with Crippen molar-refractivity contribution >= 4 is 5.82 Å². The van der Waals surface area contributed by atoms with E-state index in [-0.39, 0.29) is 0 Å². The summed E-state index contributed by atoms with van der Waals surface area (Å²) in [7, 11) is 0. The van der Waals surface area contributed by atoms with E-state index in [2.05, 4.69) is 19.4 Å². The topological polar surface area (TPSA) is 59.7 Å². The molecule has 0 bridgehead atoms. The van der Waals surface area contributed by atoms with E-state index < -0.39 is 0 Å². The molecule has 1 aliphatic heterocycles. The van der Waals surface area contributed by atoms with Gasteiger partial charge in [-0.15, -0.1) is 0 Å². The fourth-order valence-electron chi connectivity index (χ4n) is 4.20. The lowest BCUT2D eigenvalue weighted by atomic mass is 10.1. The molecule has 2 aliphatic rings. The Morgan fingerprint density at radius 3 is 2.92 bits per heavy atom. The molecule has 4 heterocycles. The number of hydrogen-bond donors (Lipinski definition) is 0. The lowest BCUT2D eigenvalue weighted by Crippen LogP contribution is -2.34. The van der Waals surface area contributed by atoms with Crippen molar-refractivity contribution in [3.63, 3.8) is 0 Å². The smallest absolute Gasteiger partial charge is 0.180 e. The largest absolute Gasteiger partial charge is 0.351 e. The summed E-state index contributed by atoms with van der Waals surface area (Å²) in [5, 5.41) is 0. The highest BCUT2D eigenvalue weighted by atomic mass is 15.3. The Morgan fingerprint density at radius 1 is 1.08 bits per heavy atom.